The summed E-state index contributed by atoms with van der Waals surface area (Å²) in [6.07, 6.45) is 2.38. The van der Waals surface area contributed by atoms with Crippen LogP contribution in [0.2, 0.25) is 0 Å². The maximum absolute atomic E-state index is 11.4. The number of hydrogen-bond donors (Lipinski definition) is 2. The summed E-state index contributed by atoms with van der Waals surface area (Å²) in [4.78, 5) is 15.9. The molecule has 1 amide bonds. The molecule has 0 saturated heterocycles. The fourth-order valence-electron chi connectivity index (χ4n) is 0.920. The molecule has 0 bridgehead atoms. The van der Waals surface area contributed by atoms with Gasteiger partial charge in [0.25, 0.3) is 5.91 Å². The topological polar surface area (TPSA) is 62.2 Å². The molecule has 2 N–H and O–H groups in total. The minimum absolute atomic E-state index is 0.0553. The molecule has 0 spiro atoms. The first-order valence-corrected chi connectivity index (χ1v) is 6.73. The summed E-state index contributed by atoms with van der Waals surface area (Å²) >= 11 is 3.07. The summed E-state index contributed by atoms with van der Waals surface area (Å²) < 4.78 is 0. The van der Waals surface area contributed by atoms with E-state index in [2.05, 4.69) is 10.3 Å². The standard InChI is InChI=1S/C9H14N2O2S2/c12-3-1-4-14-5-2-11-9(13)8-6-10-7-15-8/h6-7,12H,1-5H2,(H,11,13). The van der Waals surface area contributed by atoms with Gasteiger partial charge in [0.05, 0.1) is 11.7 Å². The molecule has 0 aliphatic heterocycles. The van der Waals surface area contributed by atoms with Crippen LogP contribution in [0.25, 0.3) is 0 Å². The lowest BCUT2D eigenvalue weighted by Gasteiger charge is -2.02. The van der Waals surface area contributed by atoms with E-state index < -0.39 is 0 Å². The van der Waals surface area contributed by atoms with Crippen molar-refractivity contribution in [2.75, 3.05) is 24.7 Å². The Labute approximate surface area is 97.1 Å². The normalized spacial score (nSPS) is 10.2. The van der Waals surface area contributed by atoms with Gasteiger partial charge in [0, 0.05) is 18.9 Å². The number of aliphatic hydroxyl groups is 1. The first-order valence-electron chi connectivity index (χ1n) is 4.70. The number of nitrogens with zero attached hydrogens (tertiary/aromatic N) is 1. The Hall–Kier alpha value is -0.590. The molecule has 15 heavy (non-hydrogen) atoms. The van der Waals surface area contributed by atoms with Gasteiger partial charge in [-0.2, -0.15) is 11.8 Å². The summed E-state index contributed by atoms with van der Waals surface area (Å²) in [6, 6.07) is 0. The molecule has 1 aromatic heterocycles. The monoisotopic (exact) mass is 246 g/mol. The Morgan fingerprint density at radius 2 is 2.47 bits per heavy atom. The van der Waals surface area contributed by atoms with Gasteiger partial charge >= 0.3 is 0 Å². The van der Waals surface area contributed by atoms with Crippen LogP contribution >= 0.6 is 23.1 Å². The highest BCUT2D eigenvalue weighted by Crippen LogP contribution is 2.05. The van der Waals surface area contributed by atoms with Crippen LogP contribution in [0.4, 0.5) is 0 Å². The summed E-state index contributed by atoms with van der Waals surface area (Å²) in [5.74, 6) is 1.76. The van der Waals surface area contributed by atoms with Gasteiger partial charge in [-0.15, -0.1) is 11.3 Å². The molecule has 6 heteroatoms. The van der Waals surface area contributed by atoms with Crippen LogP contribution in [0.1, 0.15) is 16.1 Å². The highest BCUT2D eigenvalue weighted by Gasteiger charge is 2.05. The first-order chi connectivity index (χ1) is 7.34. The van der Waals surface area contributed by atoms with Crippen molar-refractivity contribution in [2.45, 2.75) is 6.42 Å². The zero-order valence-electron chi connectivity index (χ0n) is 8.31. The molecule has 0 aliphatic carbocycles. The number of carbonyl (C=O) groups is 1. The second-order valence-corrected chi connectivity index (χ2v) is 4.92. The fraction of sp³-hybridized carbons (Fsp3) is 0.556. The Bertz CT molecular complexity index is 278. The van der Waals surface area contributed by atoms with Crippen molar-refractivity contribution in [1.29, 1.82) is 0 Å². The van der Waals surface area contributed by atoms with Crippen molar-refractivity contribution < 1.29 is 9.90 Å². The van der Waals surface area contributed by atoms with Crippen LogP contribution in [0.15, 0.2) is 11.7 Å². The van der Waals surface area contributed by atoms with Gasteiger partial charge in [-0.3, -0.25) is 9.78 Å². The maximum atomic E-state index is 11.4. The predicted molar refractivity (Wildman–Crippen MR) is 63.5 cm³/mol. The van der Waals surface area contributed by atoms with Crippen LogP contribution in [-0.2, 0) is 0 Å². The molecule has 4 nitrogen and oxygen atoms in total. The third-order valence-corrected chi connectivity index (χ3v) is 3.48. The number of aromatic nitrogens is 1. The van der Waals surface area contributed by atoms with Gasteiger partial charge in [0.1, 0.15) is 4.88 Å². The number of carbonyl (C=O) groups excluding carboxylic acids is 1. The minimum Gasteiger partial charge on any atom is -0.396 e. The van der Waals surface area contributed by atoms with Crippen LogP contribution in [0.5, 0.6) is 0 Å². The van der Waals surface area contributed by atoms with E-state index in [1.54, 1.807) is 23.5 Å². The third-order valence-electron chi connectivity index (χ3n) is 1.63. The average molecular weight is 246 g/mol. The van der Waals surface area contributed by atoms with Crippen molar-refractivity contribution in [3.8, 4) is 0 Å². The Kier molecular flexibility index (Phi) is 6.38. The van der Waals surface area contributed by atoms with Gasteiger partial charge in [0.2, 0.25) is 0 Å². The number of thiazole rings is 1. The molecule has 0 saturated carbocycles. The summed E-state index contributed by atoms with van der Waals surface area (Å²) in [7, 11) is 0. The van der Waals surface area contributed by atoms with E-state index in [0.29, 0.717) is 11.4 Å². The van der Waals surface area contributed by atoms with Crippen LogP contribution in [0.3, 0.4) is 0 Å². The largest absolute Gasteiger partial charge is 0.396 e. The molecular formula is C9H14N2O2S2. The first kappa shape index (κ1) is 12.5. The van der Waals surface area contributed by atoms with E-state index in [0.717, 1.165) is 17.9 Å². The van der Waals surface area contributed by atoms with E-state index in [9.17, 15) is 4.79 Å². The van der Waals surface area contributed by atoms with E-state index in [-0.39, 0.29) is 12.5 Å². The van der Waals surface area contributed by atoms with Gasteiger partial charge in [-0.05, 0) is 12.2 Å². The van der Waals surface area contributed by atoms with Crippen LogP contribution in [-0.4, -0.2) is 40.7 Å². The summed E-state index contributed by atoms with van der Waals surface area (Å²) in [5.41, 5.74) is 1.64. The smallest absolute Gasteiger partial charge is 0.263 e. The Morgan fingerprint density at radius 1 is 1.60 bits per heavy atom. The lowest BCUT2D eigenvalue weighted by molar-refractivity contribution is 0.0960. The molecule has 0 radical (unpaired) electrons. The predicted octanol–water partition coefficient (Wildman–Crippen LogP) is 0.989. The molecule has 0 fully saturated rings. The van der Waals surface area contributed by atoms with Crippen molar-refractivity contribution in [3.63, 3.8) is 0 Å². The van der Waals surface area contributed by atoms with Crippen molar-refractivity contribution in [3.05, 3.63) is 16.6 Å². The number of thioether (sulfide) groups is 1. The lowest BCUT2D eigenvalue weighted by atomic mass is 10.5. The maximum Gasteiger partial charge on any atom is 0.263 e. The molecule has 1 aromatic rings. The second-order valence-electron chi connectivity index (χ2n) is 2.81. The van der Waals surface area contributed by atoms with Crippen molar-refractivity contribution in [1.82, 2.24) is 10.3 Å². The molecule has 0 aromatic carbocycles. The number of aliphatic hydroxyl groups excluding tert-OH is 1. The van der Waals surface area contributed by atoms with Crippen molar-refractivity contribution >= 4 is 29.0 Å². The molecule has 0 atom stereocenters. The quantitative estimate of drug-likeness (QED) is 0.704. The van der Waals surface area contributed by atoms with E-state index in [1.165, 1.54) is 11.3 Å². The minimum atomic E-state index is -0.0553. The van der Waals surface area contributed by atoms with E-state index in [4.69, 9.17) is 5.11 Å². The molecular weight excluding hydrogens is 232 g/mol. The highest BCUT2D eigenvalue weighted by molar-refractivity contribution is 7.99. The molecule has 1 rings (SSSR count). The van der Waals surface area contributed by atoms with Crippen LogP contribution in [0, 0.1) is 0 Å². The molecule has 84 valence electrons. The fourth-order valence-corrected chi connectivity index (χ4v) is 2.24. The second kappa shape index (κ2) is 7.67. The summed E-state index contributed by atoms with van der Waals surface area (Å²) in [5, 5.41) is 11.4. The zero-order chi connectivity index (χ0) is 10.9. The number of rotatable bonds is 7. The SMILES string of the molecule is O=C(NCCSCCCO)c1cncs1. The Balaban J connectivity index is 2.03. The lowest BCUT2D eigenvalue weighted by Crippen LogP contribution is -2.24. The zero-order valence-corrected chi connectivity index (χ0v) is 9.94. The average Bonchev–Trinajstić information content (AvgIpc) is 2.76. The van der Waals surface area contributed by atoms with E-state index >= 15 is 0 Å². The Morgan fingerprint density at radius 3 is 3.13 bits per heavy atom. The van der Waals surface area contributed by atoms with Gasteiger partial charge < -0.3 is 10.4 Å². The van der Waals surface area contributed by atoms with E-state index in [1.807, 2.05) is 0 Å². The third kappa shape index (κ3) is 5.15. The van der Waals surface area contributed by atoms with Gasteiger partial charge in [-0.25, -0.2) is 0 Å². The van der Waals surface area contributed by atoms with Crippen molar-refractivity contribution in [2.24, 2.45) is 0 Å². The number of hydrogen-bond acceptors (Lipinski definition) is 5. The highest BCUT2D eigenvalue weighted by atomic mass is 32.2. The number of amides is 1. The molecule has 1 heterocycles. The van der Waals surface area contributed by atoms with Crippen LogP contribution < -0.4 is 5.32 Å². The number of nitrogens with one attached hydrogen (secondary N) is 1. The van der Waals surface area contributed by atoms with Gasteiger partial charge in [0.15, 0.2) is 0 Å². The molecule has 0 aliphatic rings. The molecule has 0 unspecified atom stereocenters. The van der Waals surface area contributed by atoms with Gasteiger partial charge in [-0.1, -0.05) is 0 Å². The summed E-state index contributed by atoms with van der Waals surface area (Å²) in [6.45, 7) is 0.896.